The number of carbonyl (C=O) groups is 1. The first-order chi connectivity index (χ1) is 11.0. The van der Waals surface area contributed by atoms with Crippen molar-refractivity contribution < 1.29 is 4.79 Å². The lowest BCUT2D eigenvalue weighted by Crippen LogP contribution is -2.36. The zero-order chi connectivity index (χ0) is 16.6. The highest BCUT2D eigenvalue weighted by atomic mass is 35.5. The van der Waals surface area contributed by atoms with Crippen molar-refractivity contribution in [3.63, 3.8) is 0 Å². The van der Waals surface area contributed by atoms with Gasteiger partial charge in [0.25, 0.3) is 11.5 Å². The van der Waals surface area contributed by atoms with Gasteiger partial charge in [-0.1, -0.05) is 24.6 Å². The number of thioether (sulfide) groups is 1. The van der Waals surface area contributed by atoms with Crippen molar-refractivity contribution >= 4 is 35.0 Å². The van der Waals surface area contributed by atoms with E-state index in [4.69, 9.17) is 11.6 Å². The minimum absolute atomic E-state index is 0.177. The molecule has 4 nitrogen and oxygen atoms in total. The number of aromatic nitrogens is 1. The van der Waals surface area contributed by atoms with Gasteiger partial charge >= 0.3 is 0 Å². The Hall–Kier alpha value is -1.72. The number of rotatable bonds is 1. The standard InChI is InChI=1S/C17H17ClN2O2S/c1-11-8-9-20(14-10-12(18)6-7-15(14)23-11)17(22)13-4-3-5-16(21)19(13)2/h3-7,10-11H,8-9H2,1-2H3/t11-/m0/s1. The normalized spacial score (nSPS) is 17.5. The highest BCUT2D eigenvalue weighted by Crippen LogP contribution is 2.39. The molecule has 3 rings (SSSR count). The van der Waals surface area contributed by atoms with Crippen molar-refractivity contribution in [1.82, 2.24) is 4.57 Å². The molecule has 0 unspecified atom stereocenters. The summed E-state index contributed by atoms with van der Waals surface area (Å²) in [7, 11) is 1.61. The average molecular weight is 349 g/mol. The van der Waals surface area contributed by atoms with Crippen LogP contribution in [0.25, 0.3) is 0 Å². The Labute approximate surface area is 144 Å². The third-order valence-corrected chi connectivity index (χ3v) is 5.42. The Morgan fingerprint density at radius 3 is 2.87 bits per heavy atom. The van der Waals surface area contributed by atoms with E-state index in [1.54, 1.807) is 35.8 Å². The fourth-order valence-electron chi connectivity index (χ4n) is 2.64. The lowest BCUT2D eigenvalue weighted by Gasteiger charge is -2.23. The summed E-state index contributed by atoms with van der Waals surface area (Å²) in [6.45, 7) is 2.75. The smallest absolute Gasteiger partial charge is 0.275 e. The van der Waals surface area contributed by atoms with Crippen LogP contribution in [0, 0.1) is 0 Å². The number of nitrogens with zero attached hydrogens (tertiary/aromatic N) is 2. The minimum atomic E-state index is -0.195. The Balaban J connectivity index is 2.09. The minimum Gasteiger partial charge on any atom is -0.307 e. The summed E-state index contributed by atoms with van der Waals surface area (Å²) in [5.41, 5.74) is 0.996. The maximum Gasteiger partial charge on any atom is 0.275 e. The van der Waals surface area contributed by atoms with Crippen LogP contribution in [0.2, 0.25) is 5.02 Å². The number of amides is 1. The van der Waals surface area contributed by atoms with E-state index in [0.29, 0.717) is 22.5 Å². The molecule has 6 heteroatoms. The summed E-state index contributed by atoms with van der Waals surface area (Å²) in [5, 5.41) is 1.01. The maximum atomic E-state index is 13.0. The van der Waals surface area contributed by atoms with Gasteiger partial charge in [-0.25, -0.2) is 0 Å². The van der Waals surface area contributed by atoms with E-state index in [-0.39, 0.29) is 11.5 Å². The molecule has 2 heterocycles. The molecule has 1 aromatic carbocycles. The first-order valence-corrected chi connectivity index (χ1v) is 8.67. The Morgan fingerprint density at radius 1 is 1.30 bits per heavy atom. The van der Waals surface area contributed by atoms with E-state index in [0.717, 1.165) is 17.0 Å². The number of carbonyl (C=O) groups excluding carboxylic acids is 1. The second kappa shape index (κ2) is 6.42. The molecular formula is C17H17ClN2O2S. The molecule has 120 valence electrons. The summed E-state index contributed by atoms with van der Waals surface area (Å²) >= 11 is 7.88. The number of fused-ring (bicyclic) bond motifs is 1. The molecule has 1 aromatic heterocycles. The van der Waals surface area contributed by atoms with Gasteiger partial charge in [-0.2, -0.15) is 0 Å². The van der Waals surface area contributed by atoms with Crippen LogP contribution in [0.1, 0.15) is 23.8 Å². The van der Waals surface area contributed by atoms with Crippen LogP contribution in [0.5, 0.6) is 0 Å². The predicted octanol–water partition coefficient (Wildman–Crippen LogP) is 3.57. The quantitative estimate of drug-likeness (QED) is 0.791. The average Bonchev–Trinajstić information content (AvgIpc) is 2.68. The van der Waals surface area contributed by atoms with Crippen LogP contribution in [0.4, 0.5) is 5.69 Å². The van der Waals surface area contributed by atoms with Crippen LogP contribution in [-0.4, -0.2) is 22.3 Å². The van der Waals surface area contributed by atoms with Crippen molar-refractivity contribution in [2.75, 3.05) is 11.4 Å². The van der Waals surface area contributed by atoms with Crippen LogP contribution in [0.15, 0.2) is 46.1 Å². The van der Waals surface area contributed by atoms with E-state index < -0.39 is 0 Å². The van der Waals surface area contributed by atoms with Crippen LogP contribution < -0.4 is 10.5 Å². The maximum absolute atomic E-state index is 13.0. The van der Waals surface area contributed by atoms with Gasteiger partial charge in [0.15, 0.2) is 0 Å². The highest BCUT2D eigenvalue weighted by molar-refractivity contribution is 8.00. The molecule has 0 fully saturated rings. The topological polar surface area (TPSA) is 42.3 Å². The predicted molar refractivity (Wildman–Crippen MR) is 94.7 cm³/mol. The molecule has 0 radical (unpaired) electrons. The molecule has 0 saturated heterocycles. The molecule has 0 bridgehead atoms. The first kappa shape index (κ1) is 16.1. The molecule has 2 aromatic rings. The largest absolute Gasteiger partial charge is 0.307 e. The van der Waals surface area contributed by atoms with E-state index in [1.165, 1.54) is 10.6 Å². The number of pyridine rings is 1. The van der Waals surface area contributed by atoms with Crippen molar-refractivity contribution in [2.24, 2.45) is 7.05 Å². The molecule has 1 aliphatic heterocycles. The van der Waals surface area contributed by atoms with E-state index in [9.17, 15) is 9.59 Å². The summed E-state index contributed by atoms with van der Waals surface area (Å²) in [4.78, 5) is 27.6. The SMILES string of the molecule is C[C@H]1CCN(C(=O)c2cccc(=O)n2C)c2cc(Cl)ccc2S1. The van der Waals surface area contributed by atoms with Gasteiger partial charge in [0.1, 0.15) is 5.69 Å². The molecule has 23 heavy (non-hydrogen) atoms. The number of anilines is 1. The third-order valence-electron chi connectivity index (χ3n) is 3.95. The van der Waals surface area contributed by atoms with Gasteiger partial charge in [-0.3, -0.25) is 9.59 Å². The highest BCUT2D eigenvalue weighted by Gasteiger charge is 2.26. The molecule has 0 aliphatic carbocycles. The van der Waals surface area contributed by atoms with Gasteiger partial charge in [0.05, 0.1) is 5.69 Å². The van der Waals surface area contributed by atoms with Crippen molar-refractivity contribution in [3.05, 3.63) is 57.5 Å². The molecule has 1 amide bonds. The zero-order valence-corrected chi connectivity index (χ0v) is 14.5. The summed E-state index contributed by atoms with van der Waals surface area (Å²) in [6, 6.07) is 10.3. The summed E-state index contributed by atoms with van der Waals surface area (Å²) in [5.74, 6) is -0.177. The van der Waals surface area contributed by atoms with Crippen molar-refractivity contribution in [2.45, 2.75) is 23.5 Å². The molecule has 1 aliphatic rings. The monoisotopic (exact) mass is 348 g/mol. The Bertz CT molecular complexity index is 818. The van der Waals surface area contributed by atoms with E-state index in [1.807, 2.05) is 18.2 Å². The summed E-state index contributed by atoms with van der Waals surface area (Å²) < 4.78 is 1.38. The van der Waals surface area contributed by atoms with Crippen molar-refractivity contribution in [3.8, 4) is 0 Å². The van der Waals surface area contributed by atoms with Gasteiger partial charge < -0.3 is 9.47 Å². The van der Waals surface area contributed by atoms with Gasteiger partial charge in [0, 0.05) is 34.8 Å². The van der Waals surface area contributed by atoms with E-state index in [2.05, 4.69) is 6.92 Å². The first-order valence-electron chi connectivity index (χ1n) is 7.41. The fraction of sp³-hybridized carbons (Fsp3) is 0.294. The molecule has 0 saturated carbocycles. The Kier molecular flexibility index (Phi) is 4.50. The van der Waals surface area contributed by atoms with Crippen LogP contribution >= 0.6 is 23.4 Å². The number of hydrogen-bond acceptors (Lipinski definition) is 3. The molecular weight excluding hydrogens is 332 g/mol. The fourth-order valence-corrected chi connectivity index (χ4v) is 3.90. The second-order valence-corrected chi connectivity index (χ2v) is 7.51. The van der Waals surface area contributed by atoms with Gasteiger partial charge in [-0.05, 0) is 30.7 Å². The second-order valence-electron chi connectivity index (χ2n) is 5.59. The van der Waals surface area contributed by atoms with Gasteiger partial charge in [0.2, 0.25) is 0 Å². The molecule has 0 spiro atoms. The zero-order valence-electron chi connectivity index (χ0n) is 13.0. The van der Waals surface area contributed by atoms with Gasteiger partial charge in [-0.15, -0.1) is 11.8 Å². The third kappa shape index (κ3) is 3.16. The van der Waals surface area contributed by atoms with Crippen LogP contribution in [0.3, 0.4) is 0 Å². The van der Waals surface area contributed by atoms with E-state index >= 15 is 0 Å². The molecule has 1 atom stereocenters. The number of halogens is 1. The summed E-state index contributed by atoms with van der Waals surface area (Å²) in [6.07, 6.45) is 0.878. The lowest BCUT2D eigenvalue weighted by molar-refractivity contribution is 0.0977. The van der Waals surface area contributed by atoms with Crippen molar-refractivity contribution in [1.29, 1.82) is 0 Å². The number of benzene rings is 1. The number of hydrogen-bond donors (Lipinski definition) is 0. The molecule has 0 N–H and O–H groups in total. The lowest BCUT2D eigenvalue weighted by atomic mass is 10.2. The Morgan fingerprint density at radius 2 is 2.09 bits per heavy atom. The van der Waals surface area contributed by atoms with Crippen LogP contribution in [-0.2, 0) is 7.05 Å².